The van der Waals surface area contributed by atoms with Gasteiger partial charge in [-0.2, -0.15) is 0 Å². The van der Waals surface area contributed by atoms with Crippen LogP contribution in [0.15, 0.2) is 22.7 Å². The molecule has 0 saturated heterocycles. The lowest BCUT2D eigenvalue weighted by Gasteiger charge is -2.04. The summed E-state index contributed by atoms with van der Waals surface area (Å²) in [5.74, 6) is 0. The maximum Gasteiger partial charge on any atom is 0.210 e. The molecule has 3 N–H and O–H groups in total. The summed E-state index contributed by atoms with van der Waals surface area (Å²) >= 11 is 4.95. The Morgan fingerprint density at radius 3 is 2.88 bits per heavy atom. The van der Waals surface area contributed by atoms with E-state index < -0.39 is 0 Å². The van der Waals surface area contributed by atoms with Crippen molar-refractivity contribution in [1.82, 2.24) is 10.2 Å². The summed E-state index contributed by atoms with van der Waals surface area (Å²) in [5, 5.41) is 12.7. The highest BCUT2D eigenvalue weighted by molar-refractivity contribution is 9.10. The van der Waals surface area contributed by atoms with E-state index in [1.54, 1.807) is 0 Å². The molecule has 16 heavy (non-hydrogen) atoms. The molecule has 0 amide bonds. The topological polar surface area (TPSA) is 63.8 Å². The van der Waals surface area contributed by atoms with Gasteiger partial charge < -0.3 is 11.1 Å². The largest absolute Gasteiger partial charge is 0.330 e. The molecule has 6 heteroatoms. The minimum Gasteiger partial charge on any atom is -0.330 e. The fourth-order valence-electron chi connectivity index (χ4n) is 1.18. The summed E-state index contributed by atoms with van der Waals surface area (Å²) in [7, 11) is 0. The Bertz CT molecular complexity index is 497. The van der Waals surface area contributed by atoms with E-state index in [9.17, 15) is 0 Å². The Labute approximate surface area is 106 Å². The van der Waals surface area contributed by atoms with E-state index in [1.165, 1.54) is 16.9 Å². The van der Waals surface area contributed by atoms with Gasteiger partial charge in [0.1, 0.15) is 5.01 Å². The van der Waals surface area contributed by atoms with Crippen molar-refractivity contribution in [1.29, 1.82) is 0 Å². The molecule has 4 nitrogen and oxygen atoms in total. The molecule has 0 aliphatic heterocycles. The third kappa shape index (κ3) is 2.58. The quantitative estimate of drug-likeness (QED) is 0.914. The normalized spacial score (nSPS) is 10.4. The molecular formula is C10H11BrN4S. The monoisotopic (exact) mass is 298 g/mol. The molecule has 0 atom stereocenters. The second-order valence-corrected chi connectivity index (χ2v) is 5.21. The number of nitrogens with one attached hydrogen (secondary N) is 1. The fourth-order valence-corrected chi connectivity index (χ4v) is 2.20. The predicted molar refractivity (Wildman–Crippen MR) is 70.0 cm³/mol. The van der Waals surface area contributed by atoms with Gasteiger partial charge in [-0.15, -0.1) is 10.2 Å². The third-order valence-corrected chi connectivity index (χ3v) is 3.78. The van der Waals surface area contributed by atoms with Crippen LogP contribution in [-0.4, -0.2) is 10.2 Å². The number of rotatable bonds is 3. The summed E-state index contributed by atoms with van der Waals surface area (Å²) in [6.07, 6.45) is 0. The van der Waals surface area contributed by atoms with Gasteiger partial charge in [-0.25, -0.2) is 0 Å². The van der Waals surface area contributed by atoms with Crippen LogP contribution in [0.4, 0.5) is 10.8 Å². The second-order valence-electron chi connectivity index (χ2n) is 3.29. The number of aryl methyl sites for hydroxylation is 1. The lowest BCUT2D eigenvalue weighted by Crippen LogP contribution is -1.94. The summed E-state index contributed by atoms with van der Waals surface area (Å²) in [6, 6.07) is 6.06. The molecule has 1 aromatic heterocycles. The summed E-state index contributed by atoms with van der Waals surface area (Å²) < 4.78 is 1.07. The zero-order valence-electron chi connectivity index (χ0n) is 8.70. The molecule has 0 aliphatic rings. The minimum absolute atomic E-state index is 0.428. The molecule has 84 valence electrons. The number of nitrogens with two attached hydrogens (primary N) is 1. The van der Waals surface area contributed by atoms with Crippen LogP contribution in [0.2, 0.25) is 0 Å². The van der Waals surface area contributed by atoms with Crippen LogP contribution in [0.5, 0.6) is 0 Å². The molecule has 1 aromatic carbocycles. The zero-order valence-corrected chi connectivity index (χ0v) is 11.1. The molecular weight excluding hydrogens is 288 g/mol. The van der Waals surface area contributed by atoms with E-state index in [0.29, 0.717) is 6.54 Å². The van der Waals surface area contributed by atoms with Crippen molar-refractivity contribution in [3.05, 3.63) is 33.2 Å². The van der Waals surface area contributed by atoms with Gasteiger partial charge in [0.2, 0.25) is 5.13 Å². The zero-order chi connectivity index (χ0) is 11.5. The number of anilines is 2. The van der Waals surface area contributed by atoms with Crippen LogP contribution in [0.1, 0.15) is 10.6 Å². The van der Waals surface area contributed by atoms with Gasteiger partial charge in [0.25, 0.3) is 0 Å². The van der Waals surface area contributed by atoms with Crippen LogP contribution in [-0.2, 0) is 6.54 Å². The fraction of sp³-hybridized carbons (Fsp3) is 0.200. The SMILES string of the molecule is Cc1ccc(Nc2nnc(CN)s2)cc1Br. The molecule has 1 heterocycles. The molecule has 2 aromatic rings. The first-order valence-electron chi connectivity index (χ1n) is 4.74. The van der Waals surface area contributed by atoms with E-state index in [4.69, 9.17) is 5.73 Å². The lowest BCUT2D eigenvalue weighted by molar-refractivity contribution is 0.960. The molecule has 0 spiro atoms. The molecule has 0 fully saturated rings. The first-order valence-corrected chi connectivity index (χ1v) is 6.35. The molecule has 0 unspecified atom stereocenters. The van der Waals surface area contributed by atoms with Crippen LogP contribution in [0.25, 0.3) is 0 Å². The van der Waals surface area contributed by atoms with Gasteiger partial charge in [-0.3, -0.25) is 0 Å². The number of halogens is 1. The van der Waals surface area contributed by atoms with E-state index in [1.807, 2.05) is 25.1 Å². The summed E-state index contributed by atoms with van der Waals surface area (Å²) in [4.78, 5) is 0. The Balaban J connectivity index is 2.17. The van der Waals surface area contributed by atoms with Crippen LogP contribution in [0.3, 0.4) is 0 Å². The number of hydrogen-bond acceptors (Lipinski definition) is 5. The highest BCUT2D eigenvalue weighted by atomic mass is 79.9. The Hall–Kier alpha value is -0.980. The van der Waals surface area contributed by atoms with Crippen LogP contribution in [0, 0.1) is 6.92 Å². The Morgan fingerprint density at radius 1 is 1.44 bits per heavy atom. The van der Waals surface area contributed by atoms with Gasteiger partial charge in [0.05, 0.1) is 0 Å². The maximum absolute atomic E-state index is 5.47. The van der Waals surface area contributed by atoms with Gasteiger partial charge in [-0.1, -0.05) is 33.3 Å². The first-order chi connectivity index (χ1) is 7.69. The van der Waals surface area contributed by atoms with E-state index >= 15 is 0 Å². The van der Waals surface area contributed by atoms with Gasteiger partial charge >= 0.3 is 0 Å². The lowest BCUT2D eigenvalue weighted by atomic mass is 10.2. The summed E-state index contributed by atoms with van der Waals surface area (Å²) in [5.41, 5.74) is 7.66. The average molecular weight is 299 g/mol. The molecule has 0 bridgehead atoms. The minimum atomic E-state index is 0.428. The smallest absolute Gasteiger partial charge is 0.210 e. The third-order valence-electron chi connectivity index (χ3n) is 2.06. The number of hydrogen-bond donors (Lipinski definition) is 2. The molecule has 0 radical (unpaired) electrons. The van der Waals surface area contributed by atoms with Crippen molar-refractivity contribution < 1.29 is 0 Å². The van der Waals surface area contributed by atoms with E-state index in [0.717, 1.165) is 20.3 Å². The van der Waals surface area contributed by atoms with Crippen molar-refractivity contribution in [3.63, 3.8) is 0 Å². The van der Waals surface area contributed by atoms with Gasteiger partial charge in [0, 0.05) is 16.7 Å². The highest BCUT2D eigenvalue weighted by Gasteiger charge is 2.03. The van der Waals surface area contributed by atoms with Gasteiger partial charge in [-0.05, 0) is 24.6 Å². The Kier molecular flexibility index (Phi) is 3.52. The van der Waals surface area contributed by atoms with Crippen LogP contribution < -0.4 is 11.1 Å². The molecule has 0 aliphatic carbocycles. The van der Waals surface area contributed by atoms with Gasteiger partial charge in [0.15, 0.2) is 0 Å². The number of nitrogens with zero attached hydrogens (tertiary/aromatic N) is 2. The second kappa shape index (κ2) is 4.90. The van der Waals surface area contributed by atoms with Crippen molar-refractivity contribution in [2.75, 3.05) is 5.32 Å². The van der Waals surface area contributed by atoms with E-state index in [-0.39, 0.29) is 0 Å². The average Bonchev–Trinajstić information content (AvgIpc) is 2.71. The van der Waals surface area contributed by atoms with Crippen LogP contribution >= 0.6 is 27.3 Å². The predicted octanol–water partition coefficient (Wildman–Crippen LogP) is 2.81. The van der Waals surface area contributed by atoms with Crippen molar-refractivity contribution in [2.24, 2.45) is 5.73 Å². The molecule has 0 saturated carbocycles. The highest BCUT2D eigenvalue weighted by Crippen LogP contribution is 2.25. The summed E-state index contributed by atoms with van der Waals surface area (Å²) in [6.45, 7) is 2.47. The molecule has 2 rings (SSSR count). The number of aromatic nitrogens is 2. The number of benzene rings is 1. The standard InChI is InChI=1S/C10H11BrN4S/c1-6-2-3-7(4-8(6)11)13-10-15-14-9(5-12)16-10/h2-4H,5,12H2,1H3,(H,13,15). The van der Waals surface area contributed by atoms with E-state index in [2.05, 4.69) is 31.4 Å². The van der Waals surface area contributed by atoms with Crippen molar-refractivity contribution >= 4 is 38.1 Å². The Morgan fingerprint density at radius 2 is 2.25 bits per heavy atom. The maximum atomic E-state index is 5.47. The van der Waals surface area contributed by atoms with Crippen molar-refractivity contribution in [2.45, 2.75) is 13.5 Å². The van der Waals surface area contributed by atoms with Crippen molar-refractivity contribution in [3.8, 4) is 0 Å². The first kappa shape index (κ1) is 11.5.